The van der Waals surface area contributed by atoms with Gasteiger partial charge in [-0.2, -0.15) is 0 Å². The van der Waals surface area contributed by atoms with Gasteiger partial charge in [-0.1, -0.05) is 0 Å². The lowest BCUT2D eigenvalue weighted by molar-refractivity contribution is 0.0952. The van der Waals surface area contributed by atoms with E-state index in [1.165, 1.54) is 0 Å². The summed E-state index contributed by atoms with van der Waals surface area (Å²) in [5, 5.41) is 2.88. The maximum absolute atomic E-state index is 11.8. The number of rotatable bonds is 6. The Hall–Kier alpha value is -1.69. The van der Waals surface area contributed by atoms with E-state index >= 15 is 0 Å². The Morgan fingerprint density at radius 1 is 1.32 bits per heavy atom. The number of nitrogens with one attached hydrogen (secondary N) is 1. The summed E-state index contributed by atoms with van der Waals surface area (Å²) in [5.41, 5.74) is 0.573. The Labute approximate surface area is 120 Å². The van der Waals surface area contributed by atoms with Crippen molar-refractivity contribution >= 4 is 21.8 Å². The van der Waals surface area contributed by atoms with Gasteiger partial charge in [0.25, 0.3) is 5.91 Å². The van der Waals surface area contributed by atoms with Crippen molar-refractivity contribution in [2.75, 3.05) is 6.54 Å². The molecule has 19 heavy (non-hydrogen) atoms. The van der Waals surface area contributed by atoms with Crippen molar-refractivity contribution in [2.24, 2.45) is 0 Å². The van der Waals surface area contributed by atoms with E-state index in [1.54, 1.807) is 31.0 Å². The first-order valence-corrected chi connectivity index (χ1v) is 6.89. The van der Waals surface area contributed by atoms with Crippen LogP contribution >= 0.6 is 15.9 Å². The van der Waals surface area contributed by atoms with Gasteiger partial charge in [-0.15, -0.1) is 0 Å². The van der Waals surface area contributed by atoms with E-state index in [1.807, 2.05) is 10.8 Å². The standard InChI is InChI=1S/C13H15BrN4O/c14-12-7-11(8-16-9-12)13(19)17-3-1-2-5-18-6-4-15-10-18/h4,6-10H,1-3,5H2,(H,17,19). The summed E-state index contributed by atoms with van der Waals surface area (Å²) in [5.74, 6) is -0.0866. The van der Waals surface area contributed by atoms with Crippen LogP contribution in [-0.4, -0.2) is 27.0 Å². The van der Waals surface area contributed by atoms with Crippen LogP contribution in [0.2, 0.25) is 0 Å². The van der Waals surface area contributed by atoms with Gasteiger partial charge < -0.3 is 9.88 Å². The van der Waals surface area contributed by atoms with Crippen molar-refractivity contribution in [3.8, 4) is 0 Å². The maximum atomic E-state index is 11.8. The predicted molar refractivity (Wildman–Crippen MR) is 75.7 cm³/mol. The molecule has 0 radical (unpaired) electrons. The topological polar surface area (TPSA) is 59.8 Å². The predicted octanol–water partition coefficient (Wildman–Crippen LogP) is 2.25. The maximum Gasteiger partial charge on any atom is 0.252 e. The van der Waals surface area contributed by atoms with Crippen molar-refractivity contribution in [3.63, 3.8) is 0 Å². The molecular weight excluding hydrogens is 308 g/mol. The lowest BCUT2D eigenvalue weighted by Crippen LogP contribution is -2.24. The minimum atomic E-state index is -0.0866. The van der Waals surface area contributed by atoms with Crippen LogP contribution in [0.1, 0.15) is 23.2 Å². The van der Waals surface area contributed by atoms with Gasteiger partial charge in [0, 0.05) is 42.3 Å². The minimum absolute atomic E-state index is 0.0866. The number of amides is 1. The number of hydrogen-bond acceptors (Lipinski definition) is 3. The van der Waals surface area contributed by atoms with E-state index in [9.17, 15) is 4.79 Å². The van der Waals surface area contributed by atoms with Gasteiger partial charge in [-0.25, -0.2) is 4.98 Å². The molecule has 1 N–H and O–H groups in total. The molecule has 0 saturated heterocycles. The van der Waals surface area contributed by atoms with Crippen LogP contribution in [0.15, 0.2) is 41.7 Å². The Morgan fingerprint density at radius 2 is 2.21 bits per heavy atom. The third-order valence-electron chi connectivity index (χ3n) is 2.65. The molecule has 0 saturated carbocycles. The molecule has 1 amide bonds. The quantitative estimate of drug-likeness (QED) is 0.830. The summed E-state index contributed by atoms with van der Waals surface area (Å²) in [6, 6.07) is 1.76. The van der Waals surface area contributed by atoms with Crippen molar-refractivity contribution in [3.05, 3.63) is 47.2 Å². The van der Waals surface area contributed by atoms with Gasteiger partial charge in [-0.05, 0) is 34.8 Å². The largest absolute Gasteiger partial charge is 0.352 e. The van der Waals surface area contributed by atoms with E-state index in [2.05, 4.69) is 31.2 Å². The molecule has 0 bridgehead atoms. The van der Waals surface area contributed by atoms with E-state index < -0.39 is 0 Å². The number of pyridine rings is 1. The molecule has 0 aliphatic heterocycles. The highest BCUT2D eigenvalue weighted by molar-refractivity contribution is 9.10. The van der Waals surface area contributed by atoms with E-state index in [4.69, 9.17) is 0 Å². The molecule has 0 fully saturated rings. The van der Waals surface area contributed by atoms with Crippen LogP contribution in [0.4, 0.5) is 0 Å². The molecular formula is C13H15BrN4O. The molecule has 0 aliphatic rings. The molecule has 2 aromatic heterocycles. The molecule has 5 nitrogen and oxygen atoms in total. The fourth-order valence-electron chi connectivity index (χ4n) is 1.68. The number of aromatic nitrogens is 3. The second-order valence-corrected chi connectivity index (χ2v) is 5.07. The van der Waals surface area contributed by atoms with Crippen LogP contribution in [0.5, 0.6) is 0 Å². The average Bonchev–Trinajstić information content (AvgIpc) is 2.91. The first-order valence-electron chi connectivity index (χ1n) is 6.10. The lowest BCUT2D eigenvalue weighted by atomic mass is 10.2. The van der Waals surface area contributed by atoms with Crippen molar-refractivity contribution in [1.29, 1.82) is 0 Å². The molecule has 0 unspecified atom stereocenters. The summed E-state index contributed by atoms with van der Waals surface area (Å²) in [7, 11) is 0. The number of halogens is 1. The number of carbonyl (C=O) groups is 1. The van der Waals surface area contributed by atoms with Crippen LogP contribution in [0.3, 0.4) is 0 Å². The second-order valence-electron chi connectivity index (χ2n) is 4.16. The van der Waals surface area contributed by atoms with Gasteiger partial charge in [0.05, 0.1) is 11.9 Å². The summed E-state index contributed by atoms with van der Waals surface area (Å²) in [6.07, 6.45) is 10.7. The third kappa shape index (κ3) is 4.48. The number of unbranched alkanes of at least 4 members (excludes halogenated alkanes) is 1. The fourth-order valence-corrected chi connectivity index (χ4v) is 2.04. The van der Waals surface area contributed by atoms with Crippen molar-refractivity contribution < 1.29 is 4.79 Å². The number of hydrogen-bond donors (Lipinski definition) is 1. The first-order chi connectivity index (χ1) is 9.25. The molecule has 2 rings (SSSR count). The normalized spacial score (nSPS) is 10.4. The van der Waals surface area contributed by atoms with Crippen LogP contribution in [0, 0.1) is 0 Å². The average molecular weight is 323 g/mol. The van der Waals surface area contributed by atoms with Crippen LogP contribution in [-0.2, 0) is 6.54 Å². The van der Waals surface area contributed by atoms with Gasteiger partial charge in [0.1, 0.15) is 0 Å². The summed E-state index contributed by atoms with van der Waals surface area (Å²) >= 11 is 3.29. The highest BCUT2D eigenvalue weighted by Gasteiger charge is 2.05. The smallest absolute Gasteiger partial charge is 0.252 e. The molecule has 0 spiro atoms. The zero-order valence-corrected chi connectivity index (χ0v) is 12.0. The molecule has 0 atom stereocenters. The highest BCUT2D eigenvalue weighted by Crippen LogP contribution is 2.09. The Kier molecular flexibility index (Phi) is 5.09. The first kappa shape index (κ1) is 13.7. The minimum Gasteiger partial charge on any atom is -0.352 e. The second kappa shape index (κ2) is 7.04. The summed E-state index contributed by atoms with van der Waals surface area (Å²) in [6.45, 7) is 1.59. The number of aryl methyl sites for hydroxylation is 1. The van der Waals surface area contributed by atoms with Gasteiger partial charge in [0.2, 0.25) is 0 Å². The zero-order valence-electron chi connectivity index (χ0n) is 10.4. The third-order valence-corrected chi connectivity index (χ3v) is 3.09. The van der Waals surface area contributed by atoms with Gasteiger partial charge in [0.15, 0.2) is 0 Å². The highest BCUT2D eigenvalue weighted by atomic mass is 79.9. The fraction of sp³-hybridized carbons (Fsp3) is 0.308. The number of nitrogens with zero attached hydrogens (tertiary/aromatic N) is 3. The number of imidazole rings is 1. The van der Waals surface area contributed by atoms with Gasteiger partial charge >= 0.3 is 0 Å². The van der Waals surface area contributed by atoms with Crippen molar-refractivity contribution in [2.45, 2.75) is 19.4 Å². The Bertz CT molecular complexity index is 527. The molecule has 2 heterocycles. The molecule has 2 aromatic rings. The van der Waals surface area contributed by atoms with Crippen molar-refractivity contribution in [1.82, 2.24) is 19.9 Å². The molecule has 0 aliphatic carbocycles. The summed E-state index contributed by atoms with van der Waals surface area (Å²) in [4.78, 5) is 19.7. The van der Waals surface area contributed by atoms with E-state index in [0.717, 1.165) is 23.9 Å². The lowest BCUT2D eigenvalue weighted by Gasteiger charge is -2.05. The molecule has 0 aromatic carbocycles. The van der Waals surface area contributed by atoms with E-state index in [0.29, 0.717) is 12.1 Å². The SMILES string of the molecule is O=C(NCCCCn1ccnc1)c1cncc(Br)c1. The Balaban J connectivity index is 1.67. The zero-order chi connectivity index (χ0) is 13.5. The monoisotopic (exact) mass is 322 g/mol. The molecule has 100 valence electrons. The van der Waals surface area contributed by atoms with Gasteiger partial charge in [-0.3, -0.25) is 9.78 Å². The molecule has 6 heteroatoms. The Morgan fingerprint density at radius 3 is 2.95 bits per heavy atom. The summed E-state index contributed by atoms with van der Waals surface area (Å²) < 4.78 is 2.83. The van der Waals surface area contributed by atoms with Crippen LogP contribution < -0.4 is 5.32 Å². The van der Waals surface area contributed by atoms with Crippen LogP contribution in [0.25, 0.3) is 0 Å². The number of carbonyl (C=O) groups excluding carboxylic acids is 1. The van der Waals surface area contributed by atoms with E-state index in [-0.39, 0.29) is 5.91 Å².